The van der Waals surface area contributed by atoms with E-state index in [9.17, 15) is 18.0 Å². The summed E-state index contributed by atoms with van der Waals surface area (Å²) in [6.07, 6.45) is -4.53. The summed E-state index contributed by atoms with van der Waals surface area (Å²) in [7, 11) is 2.99. The van der Waals surface area contributed by atoms with Gasteiger partial charge in [0.15, 0.2) is 11.5 Å². The van der Waals surface area contributed by atoms with Crippen molar-refractivity contribution >= 4 is 23.3 Å². The zero-order valence-electron chi connectivity index (χ0n) is 13.9. The number of amides is 2. The first-order valence-corrected chi connectivity index (χ1v) is 7.75. The minimum absolute atomic E-state index is 0.000679. The van der Waals surface area contributed by atoms with Gasteiger partial charge in [0.1, 0.15) is 0 Å². The highest BCUT2D eigenvalue weighted by Crippen LogP contribution is 2.33. The summed E-state index contributed by atoms with van der Waals surface area (Å²) < 4.78 is 48.5. The van der Waals surface area contributed by atoms with Gasteiger partial charge in [-0.05, 0) is 35.9 Å². The van der Waals surface area contributed by atoms with Gasteiger partial charge in [0.25, 0.3) is 0 Å². The number of rotatable bonds is 5. The second kappa shape index (κ2) is 8.18. The number of ether oxygens (including phenoxy) is 2. The SMILES string of the molecule is COc1ccc(CNC(=O)Nc2cc(C(F)(F)F)ccc2Cl)cc1OC. The van der Waals surface area contributed by atoms with Gasteiger partial charge in [-0.3, -0.25) is 0 Å². The number of carbonyl (C=O) groups excluding carboxylic acids is 1. The van der Waals surface area contributed by atoms with E-state index in [0.29, 0.717) is 17.1 Å². The molecule has 0 saturated heterocycles. The van der Waals surface area contributed by atoms with Gasteiger partial charge < -0.3 is 20.1 Å². The van der Waals surface area contributed by atoms with Crippen LogP contribution in [0.15, 0.2) is 36.4 Å². The van der Waals surface area contributed by atoms with E-state index < -0.39 is 17.8 Å². The Balaban J connectivity index is 2.03. The lowest BCUT2D eigenvalue weighted by atomic mass is 10.2. The zero-order chi connectivity index (χ0) is 19.3. The molecule has 2 N–H and O–H groups in total. The molecule has 9 heteroatoms. The molecule has 0 aliphatic rings. The minimum atomic E-state index is -4.53. The van der Waals surface area contributed by atoms with Crippen molar-refractivity contribution in [2.45, 2.75) is 12.7 Å². The number of nitrogens with one attached hydrogen (secondary N) is 2. The van der Waals surface area contributed by atoms with Gasteiger partial charge in [-0.2, -0.15) is 13.2 Å². The topological polar surface area (TPSA) is 59.6 Å². The van der Waals surface area contributed by atoms with Crippen LogP contribution in [0.25, 0.3) is 0 Å². The van der Waals surface area contributed by atoms with Crippen LogP contribution >= 0.6 is 11.6 Å². The molecule has 0 saturated carbocycles. The normalized spacial score (nSPS) is 11.0. The van der Waals surface area contributed by atoms with E-state index in [1.165, 1.54) is 14.2 Å². The standard InChI is InChI=1S/C17H16ClF3N2O3/c1-25-14-6-3-10(7-15(14)26-2)9-22-16(24)23-13-8-11(17(19,20)21)4-5-12(13)18/h3-8H,9H2,1-2H3,(H2,22,23,24). The number of hydrogen-bond donors (Lipinski definition) is 2. The first kappa shape index (κ1) is 19.7. The lowest BCUT2D eigenvalue weighted by Gasteiger charge is -2.13. The number of hydrogen-bond acceptors (Lipinski definition) is 3. The van der Waals surface area contributed by atoms with Crippen LogP contribution in [0.2, 0.25) is 5.02 Å². The lowest BCUT2D eigenvalue weighted by molar-refractivity contribution is -0.137. The molecule has 140 valence electrons. The molecule has 2 aromatic carbocycles. The van der Waals surface area contributed by atoms with Gasteiger partial charge in [-0.15, -0.1) is 0 Å². The minimum Gasteiger partial charge on any atom is -0.493 e. The number of halogens is 4. The summed E-state index contributed by atoms with van der Waals surface area (Å²) in [5.74, 6) is 1.03. The van der Waals surface area contributed by atoms with Crippen molar-refractivity contribution in [3.8, 4) is 11.5 Å². The first-order valence-electron chi connectivity index (χ1n) is 7.37. The smallest absolute Gasteiger partial charge is 0.416 e. The predicted molar refractivity (Wildman–Crippen MR) is 91.9 cm³/mol. The van der Waals surface area contributed by atoms with Gasteiger partial charge in [0.05, 0.1) is 30.5 Å². The molecule has 0 unspecified atom stereocenters. The Labute approximate surface area is 153 Å². The van der Waals surface area contributed by atoms with Crippen molar-refractivity contribution in [3.63, 3.8) is 0 Å². The van der Waals surface area contributed by atoms with Crippen LogP contribution in [-0.4, -0.2) is 20.3 Å². The summed E-state index contributed by atoms with van der Waals surface area (Å²) in [5, 5.41) is 4.84. The largest absolute Gasteiger partial charge is 0.493 e. The van der Waals surface area contributed by atoms with Crippen molar-refractivity contribution in [2.24, 2.45) is 0 Å². The Hall–Kier alpha value is -2.61. The molecule has 2 amide bonds. The molecule has 0 heterocycles. The van der Waals surface area contributed by atoms with Crippen molar-refractivity contribution in [2.75, 3.05) is 19.5 Å². The van der Waals surface area contributed by atoms with Crippen molar-refractivity contribution in [1.29, 1.82) is 0 Å². The zero-order valence-corrected chi connectivity index (χ0v) is 14.7. The monoisotopic (exact) mass is 388 g/mol. The van der Waals surface area contributed by atoms with Crippen LogP contribution in [0.1, 0.15) is 11.1 Å². The number of benzene rings is 2. The molecule has 0 aliphatic heterocycles. The molecule has 26 heavy (non-hydrogen) atoms. The predicted octanol–water partition coefficient (Wildman–Crippen LogP) is 4.70. The van der Waals surface area contributed by atoms with E-state index in [-0.39, 0.29) is 17.3 Å². The van der Waals surface area contributed by atoms with Crippen LogP contribution in [0.5, 0.6) is 11.5 Å². The second-order valence-electron chi connectivity index (χ2n) is 5.19. The summed E-state index contributed by atoms with van der Waals surface area (Å²) in [4.78, 5) is 12.0. The summed E-state index contributed by atoms with van der Waals surface area (Å²) >= 11 is 5.84. The highest BCUT2D eigenvalue weighted by molar-refractivity contribution is 6.33. The lowest BCUT2D eigenvalue weighted by Crippen LogP contribution is -2.28. The molecule has 2 aromatic rings. The number of alkyl halides is 3. The quantitative estimate of drug-likeness (QED) is 0.780. The number of carbonyl (C=O) groups is 1. The average molecular weight is 389 g/mol. The molecule has 0 radical (unpaired) electrons. The maximum atomic E-state index is 12.7. The van der Waals surface area contributed by atoms with Crippen molar-refractivity contribution < 1.29 is 27.4 Å². The van der Waals surface area contributed by atoms with Gasteiger partial charge in [0, 0.05) is 6.54 Å². The number of methoxy groups -OCH3 is 2. The maximum absolute atomic E-state index is 12.7. The molecule has 2 rings (SSSR count). The molecule has 0 aromatic heterocycles. The fourth-order valence-electron chi connectivity index (χ4n) is 2.14. The molecule has 5 nitrogen and oxygen atoms in total. The molecular formula is C17H16ClF3N2O3. The second-order valence-corrected chi connectivity index (χ2v) is 5.60. The summed E-state index contributed by atoms with van der Waals surface area (Å²) in [6, 6.07) is 7.08. The number of anilines is 1. The van der Waals surface area contributed by atoms with Crippen molar-refractivity contribution in [1.82, 2.24) is 5.32 Å². The molecular weight excluding hydrogens is 373 g/mol. The van der Waals surface area contributed by atoms with E-state index in [0.717, 1.165) is 18.2 Å². The van der Waals surface area contributed by atoms with Gasteiger partial charge >= 0.3 is 12.2 Å². The fourth-order valence-corrected chi connectivity index (χ4v) is 2.30. The van der Waals surface area contributed by atoms with Crippen LogP contribution in [0, 0.1) is 0 Å². The summed E-state index contributed by atoms with van der Waals surface area (Å²) in [6.45, 7) is 0.128. The van der Waals surface area contributed by atoms with E-state index >= 15 is 0 Å². The van der Waals surface area contributed by atoms with E-state index in [1.54, 1.807) is 18.2 Å². The Kier molecular flexibility index (Phi) is 6.20. The third-order valence-electron chi connectivity index (χ3n) is 3.44. The van der Waals surface area contributed by atoms with E-state index in [1.807, 2.05) is 0 Å². The Morgan fingerprint density at radius 1 is 1.08 bits per heavy atom. The maximum Gasteiger partial charge on any atom is 0.416 e. The molecule has 0 aliphatic carbocycles. The highest BCUT2D eigenvalue weighted by atomic mass is 35.5. The van der Waals surface area contributed by atoms with Crippen LogP contribution < -0.4 is 20.1 Å². The third-order valence-corrected chi connectivity index (χ3v) is 3.77. The highest BCUT2D eigenvalue weighted by Gasteiger charge is 2.31. The summed E-state index contributed by atoms with van der Waals surface area (Å²) in [5.41, 5.74) is -0.323. The first-order chi connectivity index (χ1) is 12.2. The molecule has 0 bridgehead atoms. The molecule has 0 fully saturated rings. The van der Waals surface area contributed by atoms with Crippen LogP contribution in [-0.2, 0) is 12.7 Å². The molecule has 0 atom stereocenters. The Morgan fingerprint density at radius 2 is 1.77 bits per heavy atom. The van der Waals surface area contributed by atoms with Gasteiger partial charge in [0.2, 0.25) is 0 Å². The van der Waals surface area contributed by atoms with Gasteiger partial charge in [-0.1, -0.05) is 17.7 Å². The van der Waals surface area contributed by atoms with E-state index in [2.05, 4.69) is 10.6 Å². The number of urea groups is 1. The van der Waals surface area contributed by atoms with Crippen LogP contribution in [0.4, 0.5) is 23.7 Å². The Bertz CT molecular complexity index is 797. The molecule has 0 spiro atoms. The van der Waals surface area contributed by atoms with Crippen molar-refractivity contribution in [3.05, 3.63) is 52.5 Å². The Morgan fingerprint density at radius 3 is 2.38 bits per heavy atom. The van der Waals surface area contributed by atoms with Crippen LogP contribution in [0.3, 0.4) is 0 Å². The van der Waals surface area contributed by atoms with Gasteiger partial charge in [-0.25, -0.2) is 4.79 Å². The average Bonchev–Trinajstić information content (AvgIpc) is 2.60. The third kappa shape index (κ3) is 4.95. The van der Waals surface area contributed by atoms with E-state index in [4.69, 9.17) is 21.1 Å². The fraction of sp³-hybridized carbons (Fsp3) is 0.235.